The molecule has 0 aliphatic heterocycles. The van der Waals surface area contributed by atoms with Gasteiger partial charge in [0.25, 0.3) is 0 Å². The molecular formula is C13H18F3NO3. The van der Waals surface area contributed by atoms with Crippen molar-refractivity contribution in [2.45, 2.75) is 18.9 Å². The molecule has 0 amide bonds. The minimum atomic E-state index is -4.69. The van der Waals surface area contributed by atoms with Gasteiger partial charge >= 0.3 is 6.36 Å². The average molecular weight is 293 g/mol. The van der Waals surface area contributed by atoms with Crippen molar-refractivity contribution in [1.82, 2.24) is 5.32 Å². The Morgan fingerprint density at radius 2 is 1.90 bits per heavy atom. The fourth-order valence-electron chi connectivity index (χ4n) is 1.61. The van der Waals surface area contributed by atoms with E-state index in [0.717, 1.165) is 5.56 Å². The molecule has 0 fully saturated rings. The van der Waals surface area contributed by atoms with Crippen LogP contribution >= 0.6 is 0 Å². The second-order valence-electron chi connectivity index (χ2n) is 4.25. The van der Waals surface area contributed by atoms with Gasteiger partial charge in [-0.3, -0.25) is 0 Å². The zero-order valence-corrected chi connectivity index (χ0v) is 11.1. The fraction of sp³-hybridized carbons (Fsp3) is 0.538. The van der Waals surface area contributed by atoms with Crippen LogP contribution < -0.4 is 10.1 Å². The Balaban J connectivity index is 2.37. The van der Waals surface area contributed by atoms with E-state index < -0.39 is 12.5 Å². The molecule has 0 aromatic heterocycles. The van der Waals surface area contributed by atoms with Gasteiger partial charge in [-0.25, -0.2) is 0 Å². The molecule has 0 saturated heterocycles. The van der Waals surface area contributed by atoms with E-state index in [-0.39, 0.29) is 5.75 Å². The van der Waals surface area contributed by atoms with Gasteiger partial charge in [-0.15, -0.1) is 13.2 Å². The maximum absolute atomic E-state index is 12.0. The minimum absolute atomic E-state index is 0.269. The predicted octanol–water partition coefficient (Wildman–Crippen LogP) is 1.72. The van der Waals surface area contributed by atoms with Gasteiger partial charge in [0.1, 0.15) is 5.75 Å². The number of rotatable bonds is 8. The lowest BCUT2D eigenvalue weighted by Crippen LogP contribution is -2.30. The van der Waals surface area contributed by atoms with Gasteiger partial charge in [0, 0.05) is 20.2 Å². The molecule has 0 heterocycles. The first-order valence-electron chi connectivity index (χ1n) is 6.13. The van der Waals surface area contributed by atoms with E-state index in [1.54, 1.807) is 7.11 Å². The largest absolute Gasteiger partial charge is 0.573 e. The third-order valence-corrected chi connectivity index (χ3v) is 2.49. The maximum Gasteiger partial charge on any atom is 0.573 e. The number of alkyl halides is 3. The highest BCUT2D eigenvalue weighted by Gasteiger charge is 2.30. The summed E-state index contributed by atoms with van der Waals surface area (Å²) in [7, 11) is 1.59. The first-order valence-corrected chi connectivity index (χ1v) is 6.13. The van der Waals surface area contributed by atoms with E-state index >= 15 is 0 Å². The second-order valence-corrected chi connectivity index (χ2v) is 4.25. The molecule has 0 aliphatic rings. The number of aliphatic hydroxyl groups is 1. The van der Waals surface area contributed by atoms with Crippen molar-refractivity contribution in [2.24, 2.45) is 0 Å². The summed E-state index contributed by atoms with van der Waals surface area (Å²) in [5.74, 6) is -0.269. The van der Waals surface area contributed by atoms with Crippen LogP contribution in [0, 0.1) is 0 Å². The first-order chi connectivity index (χ1) is 9.40. The Morgan fingerprint density at radius 3 is 2.45 bits per heavy atom. The van der Waals surface area contributed by atoms with Crippen LogP contribution in [0.1, 0.15) is 5.56 Å². The molecule has 1 aromatic carbocycles. The summed E-state index contributed by atoms with van der Waals surface area (Å²) in [5, 5.41) is 12.7. The van der Waals surface area contributed by atoms with E-state index in [9.17, 15) is 18.3 Å². The molecule has 20 heavy (non-hydrogen) atoms. The number of nitrogens with one attached hydrogen (secondary N) is 1. The van der Waals surface area contributed by atoms with Crippen molar-refractivity contribution in [3.8, 4) is 5.75 Å². The van der Waals surface area contributed by atoms with Crippen LogP contribution in [0.3, 0.4) is 0 Å². The normalized spacial score (nSPS) is 13.2. The molecule has 0 radical (unpaired) electrons. The third-order valence-electron chi connectivity index (χ3n) is 2.49. The number of methoxy groups -OCH3 is 1. The zero-order chi connectivity index (χ0) is 15.0. The van der Waals surface area contributed by atoms with Crippen LogP contribution in [0.2, 0.25) is 0 Å². The predicted molar refractivity (Wildman–Crippen MR) is 67.6 cm³/mol. The summed E-state index contributed by atoms with van der Waals surface area (Å²) in [6.45, 7) is 1.58. The van der Waals surface area contributed by atoms with E-state index in [2.05, 4.69) is 10.1 Å². The standard InChI is InChI=1S/C13H18F3NO3/c1-19-7-6-17-9-11(18)8-10-2-4-12(5-3-10)20-13(14,15)16/h2-5,11,17-18H,6-9H2,1H3. The number of aliphatic hydroxyl groups excluding tert-OH is 1. The van der Waals surface area contributed by atoms with Gasteiger partial charge in [-0.1, -0.05) is 12.1 Å². The fourth-order valence-corrected chi connectivity index (χ4v) is 1.61. The van der Waals surface area contributed by atoms with Crippen LogP contribution in [0.25, 0.3) is 0 Å². The lowest BCUT2D eigenvalue weighted by atomic mass is 10.1. The van der Waals surface area contributed by atoms with Crippen LogP contribution in [-0.2, 0) is 11.2 Å². The number of hydrogen-bond acceptors (Lipinski definition) is 4. The van der Waals surface area contributed by atoms with Crippen molar-refractivity contribution in [1.29, 1.82) is 0 Å². The number of hydrogen-bond donors (Lipinski definition) is 2. The minimum Gasteiger partial charge on any atom is -0.406 e. The van der Waals surface area contributed by atoms with Crippen LogP contribution in [-0.4, -0.2) is 44.4 Å². The average Bonchev–Trinajstić information content (AvgIpc) is 2.35. The molecule has 0 aliphatic carbocycles. The van der Waals surface area contributed by atoms with E-state index in [4.69, 9.17) is 4.74 Å². The van der Waals surface area contributed by atoms with Crippen molar-refractivity contribution >= 4 is 0 Å². The molecule has 2 N–H and O–H groups in total. The van der Waals surface area contributed by atoms with E-state index in [0.29, 0.717) is 26.1 Å². The smallest absolute Gasteiger partial charge is 0.406 e. The molecule has 1 aromatic rings. The summed E-state index contributed by atoms with van der Waals surface area (Å²) in [6.07, 6.45) is -4.94. The van der Waals surface area contributed by atoms with Crippen LogP contribution in [0.4, 0.5) is 13.2 Å². The van der Waals surface area contributed by atoms with Crippen molar-refractivity contribution in [3.63, 3.8) is 0 Å². The molecule has 7 heteroatoms. The number of benzene rings is 1. The topological polar surface area (TPSA) is 50.7 Å². The molecule has 0 bridgehead atoms. The van der Waals surface area contributed by atoms with Crippen molar-refractivity contribution < 1.29 is 27.8 Å². The third kappa shape index (κ3) is 7.32. The molecule has 1 unspecified atom stereocenters. The van der Waals surface area contributed by atoms with E-state index in [1.807, 2.05) is 0 Å². The quantitative estimate of drug-likeness (QED) is 0.717. The number of ether oxygens (including phenoxy) is 2. The molecular weight excluding hydrogens is 275 g/mol. The van der Waals surface area contributed by atoms with Gasteiger partial charge in [-0.2, -0.15) is 0 Å². The van der Waals surface area contributed by atoms with E-state index in [1.165, 1.54) is 24.3 Å². The van der Waals surface area contributed by atoms with Gasteiger partial charge in [0.05, 0.1) is 12.7 Å². The highest BCUT2D eigenvalue weighted by Crippen LogP contribution is 2.22. The van der Waals surface area contributed by atoms with Gasteiger partial charge < -0.3 is 19.9 Å². The monoisotopic (exact) mass is 293 g/mol. The van der Waals surface area contributed by atoms with Crippen LogP contribution in [0.15, 0.2) is 24.3 Å². The first kappa shape index (κ1) is 16.7. The Kier molecular flexibility index (Phi) is 6.77. The zero-order valence-electron chi connectivity index (χ0n) is 11.1. The maximum atomic E-state index is 12.0. The van der Waals surface area contributed by atoms with Crippen molar-refractivity contribution in [3.05, 3.63) is 29.8 Å². The lowest BCUT2D eigenvalue weighted by Gasteiger charge is -2.13. The Bertz CT molecular complexity index is 381. The number of halogens is 3. The lowest BCUT2D eigenvalue weighted by molar-refractivity contribution is -0.274. The van der Waals surface area contributed by atoms with Gasteiger partial charge in [-0.05, 0) is 24.1 Å². The summed E-state index contributed by atoms with van der Waals surface area (Å²) in [4.78, 5) is 0. The highest BCUT2D eigenvalue weighted by molar-refractivity contribution is 5.27. The summed E-state index contributed by atoms with van der Waals surface area (Å²) < 4.78 is 44.5. The molecule has 1 rings (SSSR count). The highest BCUT2D eigenvalue weighted by atomic mass is 19.4. The van der Waals surface area contributed by atoms with Gasteiger partial charge in [0.15, 0.2) is 0 Å². The Labute approximate surface area is 115 Å². The van der Waals surface area contributed by atoms with Gasteiger partial charge in [0.2, 0.25) is 0 Å². The molecule has 0 spiro atoms. The molecule has 0 saturated carbocycles. The van der Waals surface area contributed by atoms with Crippen molar-refractivity contribution in [2.75, 3.05) is 26.8 Å². The summed E-state index contributed by atoms with van der Waals surface area (Å²) in [6, 6.07) is 5.46. The van der Waals surface area contributed by atoms with Crippen LogP contribution in [0.5, 0.6) is 5.75 Å². The summed E-state index contributed by atoms with van der Waals surface area (Å²) >= 11 is 0. The molecule has 4 nitrogen and oxygen atoms in total. The SMILES string of the molecule is COCCNCC(O)Cc1ccc(OC(F)(F)F)cc1. The second kappa shape index (κ2) is 8.08. The molecule has 1 atom stereocenters. The Morgan fingerprint density at radius 1 is 1.25 bits per heavy atom. The molecule has 114 valence electrons. The summed E-state index contributed by atoms with van der Waals surface area (Å²) in [5.41, 5.74) is 0.737. The Hall–Kier alpha value is -1.31.